The van der Waals surface area contributed by atoms with E-state index in [1.807, 2.05) is 13.8 Å². The van der Waals surface area contributed by atoms with Gasteiger partial charge in [0.05, 0.1) is 18.2 Å². The van der Waals surface area contributed by atoms with Crippen LogP contribution in [0.4, 0.5) is 8.78 Å². The molecular formula is C27H26F2NO5P. The lowest BCUT2D eigenvalue weighted by Crippen LogP contribution is -2.24. The summed E-state index contributed by atoms with van der Waals surface area (Å²) in [6.45, 7) is 3.63. The van der Waals surface area contributed by atoms with E-state index in [2.05, 4.69) is 9.72 Å². The molecule has 1 aromatic heterocycles. The van der Waals surface area contributed by atoms with E-state index in [0.29, 0.717) is 11.3 Å². The van der Waals surface area contributed by atoms with Crippen molar-refractivity contribution in [2.45, 2.75) is 37.9 Å². The van der Waals surface area contributed by atoms with Crippen LogP contribution >= 0.6 is 8.03 Å². The maximum Gasteiger partial charge on any atom is 0.322 e. The highest BCUT2D eigenvalue weighted by atomic mass is 31.1. The van der Waals surface area contributed by atoms with Gasteiger partial charge in [-0.3, -0.25) is 9.36 Å². The number of rotatable bonds is 9. The molecule has 0 radical (unpaired) electrons. The molecule has 3 unspecified atom stereocenters. The number of terminal acetylenes is 1. The van der Waals surface area contributed by atoms with Crippen molar-refractivity contribution in [1.82, 2.24) is 4.98 Å². The molecule has 36 heavy (non-hydrogen) atoms. The van der Waals surface area contributed by atoms with Crippen molar-refractivity contribution in [2.24, 2.45) is 0 Å². The van der Waals surface area contributed by atoms with Gasteiger partial charge in [-0.25, -0.2) is 13.8 Å². The predicted octanol–water partition coefficient (Wildman–Crippen LogP) is 5.86. The van der Waals surface area contributed by atoms with Gasteiger partial charge in [-0.2, -0.15) is 0 Å². The topological polar surface area (TPSA) is 85.7 Å². The SMILES string of the molecule is C#COC(=O)CC(O)C(c1c(C(C)C)nc(-c2ccccc2)c(F)c1-c1ccc(F)cc1)[PH](=O)OC. The number of aromatic nitrogens is 1. The molecule has 0 bridgehead atoms. The van der Waals surface area contributed by atoms with Gasteiger partial charge in [0.25, 0.3) is 0 Å². The highest BCUT2D eigenvalue weighted by molar-refractivity contribution is 7.39. The summed E-state index contributed by atoms with van der Waals surface area (Å²) in [4.78, 5) is 16.6. The zero-order valence-corrected chi connectivity index (χ0v) is 21.0. The number of pyridine rings is 1. The maximum atomic E-state index is 16.3. The van der Waals surface area contributed by atoms with Crippen molar-refractivity contribution in [3.05, 3.63) is 77.5 Å². The van der Waals surface area contributed by atoms with Crippen LogP contribution in [0.1, 0.15) is 43.1 Å². The molecule has 0 amide bonds. The molecule has 3 rings (SSSR count). The summed E-state index contributed by atoms with van der Waals surface area (Å²) >= 11 is 0. The molecule has 0 aliphatic rings. The van der Waals surface area contributed by atoms with Crippen LogP contribution in [0.15, 0.2) is 54.6 Å². The highest BCUT2D eigenvalue weighted by Crippen LogP contribution is 2.51. The van der Waals surface area contributed by atoms with E-state index in [1.165, 1.54) is 31.4 Å². The number of esters is 1. The third kappa shape index (κ3) is 5.88. The molecule has 2 aromatic carbocycles. The monoisotopic (exact) mass is 513 g/mol. The average molecular weight is 513 g/mol. The van der Waals surface area contributed by atoms with E-state index in [-0.39, 0.29) is 28.3 Å². The van der Waals surface area contributed by atoms with Crippen molar-refractivity contribution in [3.8, 4) is 34.9 Å². The molecule has 0 aliphatic carbocycles. The van der Waals surface area contributed by atoms with E-state index < -0.39 is 43.8 Å². The summed E-state index contributed by atoms with van der Waals surface area (Å²) in [6, 6.07) is 13.8. The fourth-order valence-corrected chi connectivity index (χ4v) is 5.24. The van der Waals surface area contributed by atoms with Crippen molar-refractivity contribution >= 4 is 14.0 Å². The lowest BCUT2D eigenvalue weighted by molar-refractivity contribution is -0.139. The molecular weight excluding hydrogens is 487 g/mol. The number of aliphatic hydroxyl groups excluding tert-OH is 1. The summed E-state index contributed by atoms with van der Waals surface area (Å²) < 4.78 is 52.9. The number of halogens is 2. The summed E-state index contributed by atoms with van der Waals surface area (Å²) in [5.41, 5.74) is -0.0770. The fourth-order valence-electron chi connectivity index (χ4n) is 4.03. The minimum Gasteiger partial charge on any atom is -0.391 e. The van der Waals surface area contributed by atoms with E-state index in [0.717, 1.165) is 0 Å². The predicted molar refractivity (Wildman–Crippen MR) is 133 cm³/mol. The molecule has 3 atom stereocenters. The van der Waals surface area contributed by atoms with Gasteiger partial charge in [-0.05, 0) is 29.2 Å². The van der Waals surface area contributed by atoms with Crippen LogP contribution in [-0.2, 0) is 18.6 Å². The Balaban J connectivity index is 2.40. The molecule has 0 saturated carbocycles. The molecule has 0 spiro atoms. The number of aliphatic hydroxyl groups is 1. The first-order valence-corrected chi connectivity index (χ1v) is 12.5. The van der Waals surface area contributed by atoms with Crippen LogP contribution in [0.25, 0.3) is 22.4 Å². The second-order valence-corrected chi connectivity index (χ2v) is 10.0. The number of benzene rings is 2. The summed E-state index contributed by atoms with van der Waals surface area (Å²) in [7, 11) is -1.91. The number of hydrogen-bond acceptors (Lipinski definition) is 6. The van der Waals surface area contributed by atoms with Crippen molar-refractivity contribution < 1.29 is 32.5 Å². The van der Waals surface area contributed by atoms with E-state index >= 15 is 4.39 Å². The molecule has 9 heteroatoms. The van der Waals surface area contributed by atoms with Crippen molar-refractivity contribution in [3.63, 3.8) is 0 Å². The molecule has 6 nitrogen and oxygen atoms in total. The van der Waals surface area contributed by atoms with Crippen molar-refractivity contribution in [1.29, 1.82) is 0 Å². The number of hydrogen-bond donors (Lipinski definition) is 1. The molecule has 3 aromatic rings. The standard InChI is InChI=1S/C27H26F2NO5P/c1-5-35-21(32)15-20(31)27(36(33)34-4)23-22(17-11-13-19(28)14-12-17)24(29)26(30-25(23)16(2)3)18-9-7-6-8-10-18/h1,6-14,16,20,27,31,36H,15H2,2-4H3. The lowest BCUT2D eigenvalue weighted by atomic mass is 9.88. The second-order valence-electron chi connectivity index (χ2n) is 8.34. The third-order valence-corrected chi connectivity index (χ3v) is 7.22. The number of carbonyl (C=O) groups is 1. The van der Waals surface area contributed by atoms with Gasteiger partial charge in [0.15, 0.2) is 5.82 Å². The molecule has 1 N–H and O–H groups in total. The van der Waals surface area contributed by atoms with Crippen LogP contribution in [0, 0.1) is 24.2 Å². The number of nitrogens with zero attached hydrogens (tertiary/aromatic N) is 1. The first kappa shape index (κ1) is 27.2. The van der Waals surface area contributed by atoms with Crippen LogP contribution < -0.4 is 0 Å². The van der Waals surface area contributed by atoms with Gasteiger partial charge in [-0.1, -0.05) is 62.7 Å². The Labute approximate surface area is 209 Å². The van der Waals surface area contributed by atoms with Gasteiger partial charge in [0.1, 0.15) is 17.6 Å². The Bertz CT molecular complexity index is 1290. The molecule has 0 fully saturated rings. The third-order valence-electron chi connectivity index (χ3n) is 5.63. The maximum absolute atomic E-state index is 16.3. The zero-order valence-electron chi connectivity index (χ0n) is 20.0. The molecule has 0 aliphatic heterocycles. The van der Waals surface area contributed by atoms with Gasteiger partial charge in [-0.15, -0.1) is 0 Å². The van der Waals surface area contributed by atoms with Gasteiger partial charge in [0.2, 0.25) is 8.03 Å². The van der Waals surface area contributed by atoms with Crippen LogP contribution in [0.3, 0.4) is 0 Å². The van der Waals surface area contributed by atoms with Crippen LogP contribution in [0.5, 0.6) is 0 Å². The largest absolute Gasteiger partial charge is 0.391 e. The second kappa shape index (κ2) is 12.0. The summed E-state index contributed by atoms with van der Waals surface area (Å²) in [5.74, 6) is -2.52. The zero-order chi connectivity index (χ0) is 26.4. The Kier molecular flexibility index (Phi) is 9.11. The minimum absolute atomic E-state index is 0.0164. The van der Waals surface area contributed by atoms with E-state index in [9.17, 15) is 18.9 Å². The Hall–Kier alpha value is -3.37. The van der Waals surface area contributed by atoms with E-state index in [4.69, 9.17) is 10.9 Å². The molecule has 0 saturated heterocycles. The first-order valence-electron chi connectivity index (χ1n) is 11.1. The van der Waals surface area contributed by atoms with Gasteiger partial charge < -0.3 is 14.4 Å². The molecule has 188 valence electrons. The fraction of sp³-hybridized carbons (Fsp3) is 0.259. The lowest BCUT2D eigenvalue weighted by Gasteiger charge is -2.28. The Morgan fingerprint density at radius 3 is 2.31 bits per heavy atom. The smallest absolute Gasteiger partial charge is 0.322 e. The van der Waals surface area contributed by atoms with Crippen LogP contribution in [-0.4, -0.2) is 29.3 Å². The number of carbonyl (C=O) groups excluding carboxylic acids is 1. The first-order chi connectivity index (χ1) is 17.2. The van der Waals surface area contributed by atoms with E-state index in [1.54, 1.807) is 36.4 Å². The van der Waals surface area contributed by atoms with Gasteiger partial charge >= 0.3 is 5.97 Å². The Morgan fingerprint density at radius 2 is 1.75 bits per heavy atom. The summed E-state index contributed by atoms with van der Waals surface area (Å²) in [5, 5.41) is 11.0. The average Bonchev–Trinajstić information content (AvgIpc) is 2.85. The minimum atomic E-state index is -3.10. The van der Waals surface area contributed by atoms with Crippen molar-refractivity contribution in [2.75, 3.05) is 7.11 Å². The summed E-state index contributed by atoms with van der Waals surface area (Å²) in [6.07, 6.45) is 4.52. The van der Waals surface area contributed by atoms with Gasteiger partial charge in [0, 0.05) is 23.9 Å². The van der Waals surface area contributed by atoms with Crippen LogP contribution in [0.2, 0.25) is 0 Å². The Morgan fingerprint density at radius 1 is 1.11 bits per heavy atom. The molecule has 1 heterocycles. The quantitative estimate of drug-likeness (QED) is 0.219. The number of ether oxygens (including phenoxy) is 1. The normalized spacial score (nSPS) is 13.6. The highest BCUT2D eigenvalue weighted by Gasteiger charge is 2.37.